The average Bonchev–Trinajstić information content (AvgIpc) is 3.91. The van der Waals surface area contributed by atoms with Gasteiger partial charge in [-0.2, -0.15) is 0 Å². The number of fused-ring (bicyclic) bond motifs is 7. The number of rotatable bonds is 7. The summed E-state index contributed by atoms with van der Waals surface area (Å²) in [7, 11) is 0. The number of nitrogens with zero attached hydrogens (tertiary/aromatic N) is 4. The highest BCUT2D eigenvalue weighted by Crippen LogP contribution is 2.43. The van der Waals surface area contributed by atoms with Crippen molar-refractivity contribution in [3.05, 3.63) is 218 Å². The topological polar surface area (TPSA) is 56.7 Å². The van der Waals surface area contributed by atoms with Crippen LogP contribution in [0.25, 0.3) is 117 Å². The Morgan fingerprint density at radius 1 is 0.306 bits per heavy atom. The highest BCUT2D eigenvalue weighted by Gasteiger charge is 2.21. The van der Waals surface area contributed by atoms with E-state index in [1.165, 1.54) is 10.8 Å². The van der Waals surface area contributed by atoms with Crippen molar-refractivity contribution < 1.29 is 4.42 Å². The van der Waals surface area contributed by atoms with Crippen LogP contribution in [0.3, 0.4) is 0 Å². The van der Waals surface area contributed by atoms with Gasteiger partial charge in [-0.25, -0.2) is 15.0 Å². The van der Waals surface area contributed by atoms with E-state index in [2.05, 4.69) is 156 Å². The smallest absolute Gasteiger partial charge is 0.164 e. The van der Waals surface area contributed by atoms with E-state index in [1.54, 1.807) is 0 Å². The molecular formula is C57H36N4O. The zero-order valence-electron chi connectivity index (χ0n) is 33.5. The van der Waals surface area contributed by atoms with Gasteiger partial charge in [-0.05, 0) is 94.0 Å². The van der Waals surface area contributed by atoms with Gasteiger partial charge in [0.2, 0.25) is 0 Å². The maximum Gasteiger partial charge on any atom is 0.164 e. The van der Waals surface area contributed by atoms with Gasteiger partial charge in [0.05, 0.1) is 16.4 Å². The lowest BCUT2D eigenvalue weighted by molar-refractivity contribution is 0.669. The lowest BCUT2D eigenvalue weighted by Crippen LogP contribution is -2.00. The molecule has 0 aliphatic heterocycles. The first kappa shape index (κ1) is 35.5. The molecule has 0 unspecified atom stereocenters. The number of benzene rings is 9. The van der Waals surface area contributed by atoms with Crippen LogP contribution in [0.1, 0.15) is 0 Å². The van der Waals surface area contributed by atoms with Gasteiger partial charge in [-0.3, -0.25) is 0 Å². The van der Waals surface area contributed by atoms with Crippen LogP contribution in [-0.4, -0.2) is 19.5 Å². The van der Waals surface area contributed by atoms with Crippen molar-refractivity contribution in [1.29, 1.82) is 0 Å². The van der Waals surface area contributed by atoms with Crippen LogP contribution in [0.2, 0.25) is 0 Å². The van der Waals surface area contributed by atoms with Crippen molar-refractivity contribution in [2.75, 3.05) is 0 Å². The Balaban J connectivity index is 1.14. The zero-order chi connectivity index (χ0) is 41.0. The molecule has 3 heterocycles. The Bertz CT molecular complexity index is 3560. The van der Waals surface area contributed by atoms with Crippen molar-refractivity contribution in [2.24, 2.45) is 0 Å². The van der Waals surface area contributed by atoms with E-state index in [0.717, 1.165) is 88.7 Å². The maximum absolute atomic E-state index is 6.49. The summed E-state index contributed by atoms with van der Waals surface area (Å²) in [5.74, 6) is 1.85. The van der Waals surface area contributed by atoms with Crippen LogP contribution in [0.15, 0.2) is 223 Å². The quantitative estimate of drug-likeness (QED) is 0.161. The Morgan fingerprint density at radius 3 is 1.34 bits per heavy atom. The molecule has 0 bridgehead atoms. The van der Waals surface area contributed by atoms with E-state index in [4.69, 9.17) is 19.4 Å². The number of aromatic nitrogens is 4. The molecule has 0 fully saturated rings. The number of hydrogen-bond acceptors (Lipinski definition) is 4. The minimum Gasteiger partial charge on any atom is -0.456 e. The standard InChI is InChI=1S/C57H36N4O/c1-5-17-37(18-6-1)41-31-42(34-45(33-41)57-59-55(39-21-9-3-10-22-39)58-56(60-57)40-23-11-4-12-24-40)44-32-43(38-19-7-2-8-20-38)35-46(36-44)61-50-27-15-13-25-47(50)48-29-30-52-53(54(48)61)49-26-14-16-28-51(49)62-52/h1-36H. The first-order valence-corrected chi connectivity index (χ1v) is 20.8. The third-order valence-electron chi connectivity index (χ3n) is 11.8. The van der Waals surface area contributed by atoms with Crippen LogP contribution in [0, 0.1) is 0 Å². The molecule has 0 aliphatic carbocycles. The summed E-state index contributed by atoms with van der Waals surface area (Å²) in [5.41, 5.74) is 14.3. The third-order valence-corrected chi connectivity index (χ3v) is 11.8. The van der Waals surface area contributed by atoms with Crippen molar-refractivity contribution >= 4 is 43.7 Å². The molecule has 12 aromatic rings. The Labute approximate surface area is 357 Å². The molecule has 290 valence electrons. The minimum absolute atomic E-state index is 0.604. The van der Waals surface area contributed by atoms with E-state index in [-0.39, 0.29) is 0 Å². The van der Waals surface area contributed by atoms with E-state index < -0.39 is 0 Å². The highest BCUT2D eigenvalue weighted by molar-refractivity contribution is 6.24. The minimum atomic E-state index is 0.604. The van der Waals surface area contributed by atoms with Crippen molar-refractivity contribution in [2.45, 2.75) is 0 Å². The summed E-state index contributed by atoms with van der Waals surface area (Å²) in [6.45, 7) is 0. The van der Waals surface area contributed by atoms with E-state index >= 15 is 0 Å². The predicted octanol–water partition coefficient (Wildman–Crippen LogP) is 14.9. The fourth-order valence-electron chi connectivity index (χ4n) is 8.90. The normalized spacial score (nSPS) is 11.5. The van der Waals surface area contributed by atoms with Crippen LogP contribution >= 0.6 is 0 Å². The summed E-state index contributed by atoms with van der Waals surface area (Å²) in [6.07, 6.45) is 0. The molecule has 0 spiro atoms. The lowest BCUT2D eigenvalue weighted by atomic mass is 9.93. The Kier molecular flexibility index (Phi) is 8.42. The Morgan fingerprint density at radius 2 is 0.742 bits per heavy atom. The summed E-state index contributed by atoms with van der Waals surface area (Å²) in [4.78, 5) is 15.3. The van der Waals surface area contributed by atoms with Gasteiger partial charge in [0.15, 0.2) is 17.5 Å². The monoisotopic (exact) mass is 792 g/mol. The predicted molar refractivity (Wildman–Crippen MR) is 254 cm³/mol. The van der Waals surface area contributed by atoms with Gasteiger partial charge in [-0.15, -0.1) is 0 Å². The van der Waals surface area contributed by atoms with Gasteiger partial charge in [0.1, 0.15) is 11.2 Å². The second kappa shape index (κ2) is 14.7. The van der Waals surface area contributed by atoms with Crippen molar-refractivity contribution in [3.8, 4) is 73.2 Å². The molecule has 0 N–H and O–H groups in total. The van der Waals surface area contributed by atoms with Crippen molar-refractivity contribution in [3.63, 3.8) is 0 Å². The van der Waals surface area contributed by atoms with Crippen LogP contribution < -0.4 is 0 Å². The SMILES string of the molecule is c1ccc(-c2cc(-c3cc(-c4ccccc4)cc(-n4c5ccccc5c5ccc6oc7ccccc7c6c54)c3)cc(-c3nc(-c4ccccc4)nc(-c4ccccc4)n3)c2)cc1. The van der Waals surface area contributed by atoms with Crippen LogP contribution in [-0.2, 0) is 0 Å². The number of hydrogen-bond donors (Lipinski definition) is 0. The third kappa shape index (κ3) is 6.14. The molecule has 5 heteroatoms. The molecule has 0 aliphatic rings. The van der Waals surface area contributed by atoms with E-state index in [9.17, 15) is 0 Å². The Hall–Kier alpha value is -8.41. The maximum atomic E-state index is 6.49. The zero-order valence-corrected chi connectivity index (χ0v) is 33.5. The summed E-state index contributed by atoms with van der Waals surface area (Å²) < 4.78 is 8.92. The second-order valence-electron chi connectivity index (χ2n) is 15.6. The fraction of sp³-hybridized carbons (Fsp3) is 0. The fourth-order valence-corrected chi connectivity index (χ4v) is 8.90. The first-order valence-electron chi connectivity index (χ1n) is 20.8. The second-order valence-corrected chi connectivity index (χ2v) is 15.6. The lowest BCUT2D eigenvalue weighted by Gasteiger charge is -2.16. The van der Waals surface area contributed by atoms with Gasteiger partial charge in [0, 0.05) is 38.5 Å². The number of para-hydroxylation sites is 2. The molecule has 3 aromatic heterocycles. The van der Waals surface area contributed by atoms with Gasteiger partial charge >= 0.3 is 0 Å². The van der Waals surface area contributed by atoms with Gasteiger partial charge in [-0.1, -0.05) is 158 Å². The molecular weight excluding hydrogens is 757 g/mol. The molecule has 0 saturated heterocycles. The molecule has 5 nitrogen and oxygen atoms in total. The van der Waals surface area contributed by atoms with Crippen molar-refractivity contribution in [1.82, 2.24) is 19.5 Å². The summed E-state index contributed by atoms with van der Waals surface area (Å²) >= 11 is 0. The molecule has 9 aromatic carbocycles. The van der Waals surface area contributed by atoms with E-state index in [1.807, 2.05) is 66.7 Å². The highest BCUT2D eigenvalue weighted by atomic mass is 16.3. The largest absolute Gasteiger partial charge is 0.456 e. The van der Waals surface area contributed by atoms with E-state index in [0.29, 0.717) is 17.5 Å². The van der Waals surface area contributed by atoms with Crippen LogP contribution in [0.5, 0.6) is 0 Å². The molecule has 0 amide bonds. The molecule has 12 rings (SSSR count). The molecule has 0 saturated carbocycles. The number of furan rings is 1. The first-order chi connectivity index (χ1) is 30.7. The summed E-state index contributed by atoms with van der Waals surface area (Å²) in [6, 6.07) is 76.5. The molecule has 62 heavy (non-hydrogen) atoms. The molecule has 0 radical (unpaired) electrons. The average molecular weight is 793 g/mol. The van der Waals surface area contributed by atoms with Gasteiger partial charge in [0.25, 0.3) is 0 Å². The molecule has 0 atom stereocenters. The summed E-state index contributed by atoms with van der Waals surface area (Å²) in [5, 5.41) is 4.57. The van der Waals surface area contributed by atoms with Crippen LogP contribution in [0.4, 0.5) is 0 Å². The van der Waals surface area contributed by atoms with Gasteiger partial charge < -0.3 is 8.98 Å².